The van der Waals surface area contributed by atoms with Gasteiger partial charge in [-0.3, -0.25) is 0 Å². The predicted molar refractivity (Wildman–Crippen MR) is 95.4 cm³/mol. The lowest BCUT2D eigenvalue weighted by molar-refractivity contribution is 0.0460. The number of esters is 1. The van der Waals surface area contributed by atoms with Crippen LogP contribution in [-0.4, -0.2) is 24.2 Å². The van der Waals surface area contributed by atoms with Crippen LogP contribution in [0.1, 0.15) is 16.1 Å². The molecule has 0 bridgehead atoms. The summed E-state index contributed by atoms with van der Waals surface area (Å²) in [6, 6.07) is 14.6. The van der Waals surface area contributed by atoms with E-state index in [4.69, 9.17) is 18.7 Å². The molecule has 2 heterocycles. The molecule has 1 aliphatic heterocycles. The molecule has 26 heavy (non-hydrogen) atoms. The topological polar surface area (TPSA) is 70.8 Å². The molecule has 132 valence electrons. The third-order valence-electron chi connectivity index (χ3n) is 3.89. The van der Waals surface area contributed by atoms with Gasteiger partial charge in [0.15, 0.2) is 17.3 Å². The molecule has 1 aromatic heterocycles. The van der Waals surface area contributed by atoms with E-state index in [1.54, 1.807) is 12.1 Å². The molecule has 0 saturated heterocycles. The van der Waals surface area contributed by atoms with Gasteiger partial charge in [0.2, 0.25) is 6.79 Å². The molecule has 0 N–H and O–H groups in total. The number of rotatable bonds is 5. The molecule has 0 atom stereocenters. The number of ether oxygens (including phenoxy) is 3. The molecule has 7 heteroatoms. The summed E-state index contributed by atoms with van der Waals surface area (Å²) in [5.41, 5.74) is 1.89. The van der Waals surface area contributed by atoms with Crippen molar-refractivity contribution in [2.24, 2.45) is 0 Å². The summed E-state index contributed by atoms with van der Waals surface area (Å²) in [6.07, 6.45) is 1.92. The first-order valence-electron chi connectivity index (χ1n) is 7.90. The predicted octanol–water partition coefficient (Wildman–Crippen LogP) is 4.15. The van der Waals surface area contributed by atoms with Gasteiger partial charge in [-0.1, -0.05) is 17.3 Å². The van der Waals surface area contributed by atoms with Crippen molar-refractivity contribution in [3.63, 3.8) is 0 Å². The fourth-order valence-corrected chi connectivity index (χ4v) is 3.18. The van der Waals surface area contributed by atoms with Gasteiger partial charge >= 0.3 is 5.97 Å². The Kier molecular flexibility index (Phi) is 4.53. The molecule has 3 aromatic rings. The smallest absolute Gasteiger partial charge is 0.339 e. The van der Waals surface area contributed by atoms with E-state index in [1.807, 2.05) is 42.7 Å². The SMILES string of the molecule is CSc1ccccc1C(=O)OCc1cc(-c2ccc3c(c2)OCO3)on1. The highest BCUT2D eigenvalue weighted by molar-refractivity contribution is 7.98. The minimum atomic E-state index is -0.387. The Morgan fingerprint density at radius 1 is 1.15 bits per heavy atom. The zero-order valence-electron chi connectivity index (χ0n) is 13.9. The summed E-state index contributed by atoms with van der Waals surface area (Å²) < 4.78 is 21.4. The van der Waals surface area contributed by atoms with Gasteiger partial charge in [0.05, 0.1) is 5.56 Å². The molecular formula is C19H15NO5S. The maximum absolute atomic E-state index is 12.3. The average Bonchev–Trinajstić information content (AvgIpc) is 3.34. The third kappa shape index (κ3) is 3.25. The third-order valence-corrected chi connectivity index (χ3v) is 4.69. The van der Waals surface area contributed by atoms with Gasteiger partial charge in [-0.05, 0) is 36.6 Å². The number of benzene rings is 2. The Bertz CT molecular complexity index is 953. The molecule has 2 aromatic carbocycles. The highest BCUT2D eigenvalue weighted by atomic mass is 32.2. The number of carbonyl (C=O) groups excluding carboxylic acids is 1. The van der Waals surface area contributed by atoms with Crippen molar-refractivity contribution in [2.45, 2.75) is 11.5 Å². The molecule has 0 amide bonds. The van der Waals surface area contributed by atoms with E-state index >= 15 is 0 Å². The minimum Gasteiger partial charge on any atom is -0.455 e. The number of carbonyl (C=O) groups is 1. The second-order valence-electron chi connectivity index (χ2n) is 5.53. The molecule has 6 nitrogen and oxygen atoms in total. The molecule has 4 rings (SSSR count). The molecule has 0 spiro atoms. The van der Waals surface area contributed by atoms with E-state index in [1.165, 1.54) is 11.8 Å². The monoisotopic (exact) mass is 369 g/mol. The van der Waals surface area contributed by atoms with Crippen molar-refractivity contribution in [1.29, 1.82) is 0 Å². The standard InChI is InChI=1S/C19H15NO5S/c1-26-18-5-3-2-4-14(18)19(21)22-10-13-9-16(25-20-13)12-6-7-15-17(8-12)24-11-23-15/h2-9H,10-11H2,1H3. The van der Waals surface area contributed by atoms with Crippen molar-refractivity contribution in [3.05, 3.63) is 59.8 Å². The van der Waals surface area contributed by atoms with Crippen molar-refractivity contribution in [3.8, 4) is 22.8 Å². The van der Waals surface area contributed by atoms with Crippen molar-refractivity contribution >= 4 is 17.7 Å². The molecule has 0 fully saturated rings. The van der Waals surface area contributed by atoms with E-state index in [-0.39, 0.29) is 19.4 Å². The highest BCUT2D eigenvalue weighted by Crippen LogP contribution is 2.36. The van der Waals surface area contributed by atoms with E-state index in [2.05, 4.69) is 5.16 Å². The molecule has 0 saturated carbocycles. The van der Waals surface area contributed by atoms with Crippen LogP contribution < -0.4 is 9.47 Å². The van der Waals surface area contributed by atoms with Crippen LogP contribution in [0.25, 0.3) is 11.3 Å². The second kappa shape index (κ2) is 7.13. The average molecular weight is 369 g/mol. The lowest BCUT2D eigenvalue weighted by atomic mass is 10.1. The first-order valence-corrected chi connectivity index (χ1v) is 9.13. The van der Waals surface area contributed by atoms with Crippen LogP contribution in [0.3, 0.4) is 0 Å². The minimum absolute atomic E-state index is 0.0373. The number of hydrogen-bond acceptors (Lipinski definition) is 7. The lowest BCUT2D eigenvalue weighted by Crippen LogP contribution is -2.06. The fourth-order valence-electron chi connectivity index (χ4n) is 2.60. The number of thioether (sulfide) groups is 1. The number of fused-ring (bicyclic) bond motifs is 1. The zero-order valence-corrected chi connectivity index (χ0v) is 14.7. The van der Waals surface area contributed by atoms with Crippen molar-refractivity contribution < 1.29 is 23.5 Å². The second-order valence-corrected chi connectivity index (χ2v) is 6.38. The Labute approximate surface area is 154 Å². The van der Waals surface area contributed by atoms with Crippen molar-refractivity contribution in [2.75, 3.05) is 13.0 Å². The number of aromatic nitrogens is 1. The lowest BCUT2D eigenvalue weighted by Gasteiger charge is -2.06. The van der Waals surface area contributed by atoms with Gasteiger partial charge in [-0.15, -0.1) is 11.8 Å². The van der Waals surface area contributed by atoms with Crippen LogP contribution in [0, 0.1) is 0 Å². The number of nitrogens with zero attached hydrogens (tertiary/aromatic N) is 1. The van der Waals surface area contributed by atoms with Crippen molar-refractivity contribution in [1.82, 2.24) is 5.16 Å². The number of hydrogen-bond donors (Lipinski definition) is 0. The quantitative estimate of drug-likeness (QED) is 0.494. The van der Waals surface area contributed by atoms with Gasteiger partial charge in [-0.2, -0.15) is 0 Å². The summed E-state index contributed by atoms with van der Waals surface area (Å²) in [7, 11) is 0. The zero-order chi connectivity index (χ0) is 17.9. The largest absolute Gasteiger partial charge is 0.455 e. The van der Waals surface area contributed by atoms with E-state index < -0.39 is 0 Å². The van der Waals surface area contributed by atoms with E-state index in [9.17, 15) is 4.79 Å². The van der Waals surface area contributed by atoms with Gasteiger partial charge in [0, 0.05) is 16.5 Å². The Morgan fingerprint density at radius 2 is 2.00 bits per heavy atom. The van der Waals surface area contributed by atoms with Crippen LogP contribution in [0.4, 0.5) is 0 Å². The first-order chi connectivity index (χ1) is 12.7. The van der Waals surface area contributed by atoms with Gasteiger partial charge in [0.1, 0.15) is 12.3 Å². The van der Waals surface area contributed by atoms with Gasteiger partial charge in [0.25, 0.3) is 0 Å². The van der Waals surface area contributed by atoms with Crippen LogP contribution in [0.5, 0.6) is 11.5 Å². The van der Waals surface area contributed by atoms with Crippen LogP contribution in [0.2, 0.25) is 0 Å². The first kappa shape index (κ1) is 16.5. The highest BCUT2D eigenvalue weighted by Gasteiger charge is 2.17. The Morgan fingerprint density at radius 3 is 2.88 bits per heavy atom. The maximum atomic E-state index is 12.3. The molecule has 1 aliphatic rings. The summed E-state index contributed by atoms with van der Waals surface area (Å²) in [5.74, 6) is 1.55. The summed E-state index contributed by atoms with van der Waals surface area (Å²) in [5, 5.41) is 3.96. The summed E-state index contributed by atoms with van der Waals surface area (Å²) >= 11 is 1.50. The maximum Gasteiger partial charge on any atom is 0.339 e. The normalized spacial score (nSPS) is 12.2. The summed E-state index contributed by atoms with van der Waals surface area (Å²) in [4.78, 5) is 13.2. The molecule has 0 unspecified atom stereocenters. The Hall–Kier alpha value is -2.93. The molecule has 0 aliphatic carbocycles. The van der Waals surface area contributed by atoms with Crippen LogP contribution >= 0.6 is 11.8 Å². The summed E-state index contributed by atoms with van der Waals surface area (Å²) in [6.45, 7) is 0.253. The van der Waals surface area contributed by atoms with E-state index in [0.29, 0.717) is 28.5 Å². The molecule has 0 radical (unpaired) electrons. The van der Waals surface area contributed by atoms with Crippen LogP contribution in [-0.2, 0) is 11.3 Å². The van der Waals surface area contributed by atoms with Crippen LogP contribution in [0.15, 0.2) is 57.9 Å². The molecular weight excluding hydrogens is 354 g/mol. The Balaban J connectivity index is 1.45. The van der Waals surface area contributed by atoms with E-state index in [0.717, 1.165) is 10.5 Å². The fraction of sp³-hybridized carbons (Fsp3) is 0.158. The van der Waals surface area contributed by atoms with Gasteiger partial charge < -0.3 is 18.7 Å². The van der Waals surface area contributed by atoms with Gasteiger partial charge in [-0.25, -0.2) is 4.79 Å².